The molecule has 0 saturated heterocycles. The second-order valence-electron chi connectivity index (χ2n) is 4.76. The Morgan fingerprint density at radius 3 is 2.80 bits per heavy atom. The van der Waals surface area contributed by atoms with Crippen molar-refractivity contribution in [3.8, 4) is 0 Å². The van der Waals surface area contributed by atoms with Crippen LogP contribution in [-0.2, 0) is 4.79 Å². The van der Waals surface area contributed by atoms with Crippen LogP contribution in [0.5, 0.6) is 0 Å². The highest BCUT2D eigenvalue weighted by atomic mass is 32.2. The molecule has 0 aromatic heterocycles. The first-order valence-corrected chi connectivity index (χ1v) is 7.26. The summed E-state index contributed by atoms with van der Waals surface area (Å²) >= 11 is 1.85. The Bertz CT molecular complexity index is 206. The van der Waals surface area contributed by atoms with E-state index in [1.165, 1.54) is 6.42 Å². The molecule has 3 heteroatoms. The van der Waals surface area contributed by atoms with Crippen molar-refractivity contribution in [2.24, 2.45) is 17.8 Å². The van der Waals surface area contributed by atoms with Crippen LogP contribution in [-0.4, -0.2) is 23.1 Å². The van der Waals surface area contributed by atoms with Gasteiger partial charge in [-0.05, 0) is 55.9 Å². The number of rotatable bonds is 5. The number of carboxylic acids is 1. The average molecular weight is 230 g/mol. The number of hydrogen-bond donors (Lipinski definition) is 1. The van der Waals surface area contributed by atoms with E-state index in [4.69, 9.17) is 5.11 Å². The molecule has 0 aromatic rings. The molecule has 0 radical (unpaired) electrons. The van der Waals surface area contributed by atoms with E-state index in [9.17, 15) is 4.79 Å². The van der Waals surface area contributed by atoms with E-state index >= 15 is 0 Å². The maximum atomic E-state index is 11.1. The first-order valence-electron chi connectivity index (χ1n) is 5.87. The van der Waals surface area contributed by atoms with E-state index in [-0.39, 0.29) is 5.92 Å². The summed E-state index contributed by atoms with van der Waals surface area (Å²) in [5.74, 6) is 1.68. The highest BCUT2D eigenvalue weighted by Crippen LogP contribution is 2.36. The summed E-state index contributed by atoms with van der Waals surface area (Å²) in [5.41, 5.74) is 0. The minimum atomic E-state index is -0.573. The predicted octanol–water partition coefficient (Wildman–Crippen LogP) is 3.27. The Balaban J connectivity index is 2.43. The summed E-state index contributed by atoms with van der Waals surface area (Å²) in [7, 11) is 0. The molecule has 3 atom stereocenters. The lowest BCUT2D eigenvalue weighted by molar-refractivity contribution is -0.145. The molecule has 0 aromatic carbocycles. The Kier molecular flexibility index (Phi) is 5.51. The van der Waals surface area contributed by atoms with Crippen molar-refractivity contribution >= 4 is 17.7 Å². The molecule has 1 rings (SSSR count). The van der Waals surface area contributed by atoms with E-state index < -0.39 is 5.97 Å². The molecule has 0 heterocycles. The average Bonchev–Trinajstić information content (AvgIpc) is 2.18. The van der Waals surface area contributed by atoms with Crippen LogP contribution in [0.1, 0.15) is 39.0 Å². The molecule has 0 bridgehead atoms. The Morgan fingerprint density at radius 2 is 2.20 bits per heavy atom. The molecule has 1 saturated carbocycles. The van der Waals surface area contributed by atoms with Crippen LogP contribution in [0.15, 0.2) is 0 Å². The molecular formula is C12H22O2S. The van der Waals surface area contributed by atoms with Crippen LogP contribution >= 0.6 is 11.8 Å². The summed E-state index contributed by atoms with van der Waals surface area (Å²) in [4.78, 5) is 11.1. The van der Waals surface area contributed by atoms with Crippen molar-refractivity contribution in [2.75, 3.05) is 12.0 Å². The third-order valence-corrected chi connectivity index (χ3v) is 4.18. The van der Waals surface area contributed by atoms with Gasteiger partial charge in [0.25, 0.3) is 0 Å². The lowest BCUT2D eigenvalue weighted by atomic mass is 9.73. The van der Waals surface area contributed by atoms with Gasteiger partial charge >= 0.3 is 5.97 Å². The van der Waals surface area contributed by atoms with Crippen LogP contribution in [0, 0.1) is 17.8 Å². The molecule has 0 spiro atoms. The van der Waals surface area contributed by atoms with E-state index in [1.54, 1.807) is 0 Å². The minimum Gasteiger partial charge on any atom is -0.481 e. The third-order valence-electron chi connectivity index (χ3n) is 3.49. The molecular weight excluding hydrogens is 208 g/mol. The van der Waals surface area contributed by atoms with Gasteiger partial charge in [0.05, 0.1) is 5.92 Å². The Morgan fingerprint density at radius 1 is 1.47 bits per heavy atom. The van der Waals surface area contributed by atoms with Crippen LogP contribution in [0.25, 0.3) is 0 Å². The fourth-order valence-electron chi connectivity index (χ4n) is 2.63. The molecule has 1 N–H and O–H groups in total. The molecule has 0 amide bonds. The van der Waals surface area contributed by atoms with Crippen LogP contribution in [0.3, 0.4) is 0 Å². The second kappa shape index (κ2) is 6.41. The quantitative estimate of drug-likeness (QED) is 0.737. The molecule has 88 valence electrons. The normalized spacial score (nSPS) is 31.5. The van der Waals surface area contributed by atoms with Crippen molar-refractivity contribution in [3.05, 3.63) is 0 Å². The van der Waals surface area contributed by atoms with Crippen LogP contribution < -0.4 is 0 Å². The number of carbonyl (C=O) groups is 1. The van der Waals surface area contributed by atoms with Crippen molar-refractivity contribution in [3.63, 3.8) is 0 Å². The van der Waals surface area contributed by atoms with E-state index in [0.717, 1.165) is 37.4 Å². The molecule has 3 unspecified atom stereocenters. The largest absolute Gasteiger partial charge is 0.481 e. The number of thioether (sulfide) groups is 1. The van der Waals surface area contributed by atoms with Gasteiger partial charge in [-0.2, -0.15) is 11.8 Å². The molecule has 1 aliphatic carbocycles. The summed E-state index contributed by atoms with van der Waals surface area (Å²) in [5, 5.41) is 9.15. The third kappa shape index (κ3) is 4.06. The monoisotopic (exact) mass is 230 g/mol. The molecule has 1 aliphatic rings. The van der Waals surface area contributed by atoms with Crippen molar-refractivity contribution in [1.29, 1.82) is 0 Å². The lowest BCUT2D eigenvalue weighted by Gasteiger charge is -2.32. The fourth-order valence-corrected chi connectivity index (χ4v) is 3.09. The van der Waals surface area contributed by atoms with Gasteiger partial charge in [0.1, 0.15) is 0 Å². The van der Waals surface area contributed by atoms with Gasteiger partial charge in [0, 0.05) is 0 Å². The molecule has 15 heavy (non-hydrogen) atoms. The Hall–Kier alpha value is -0.180. The van der Waals surface area contributed by atoms with Gasteiger partial charge in [-0.15, -0.1) is 0 Å². The highest BCUT2D eigenvalue weighted by Gasteiger charge is 2.32. The second-order valence-corrected chi connectivity index (χ2v) is 5.74. The predicted molar refractivity (Wildman–Crippen MR) is 65.2 cm³/mol. The minimum absolute atomic E-state index is 0.0666. The summed E-state index contributed by atoms with van der Waals surface area (Å²) in [6.45, 7) is 2.25. The standard InChI is InChI=1S/C12H22O2S/c1-9-5-6-11(12(13)14)10(8-9)4-3-7-15-2/h9-11H,3-8H2,1-2H3,(H,13,14). The maximum Gasteiger partial charge on any atom is 0.306 e. The van der Waals surface area contributed by atoms with Crippen LogP contribution in [0.2, 0.25) is 0 Å². The fraction of sp³-hybridized carbons (Fsp3) is 0.917. The van der Waals surface area contributed by atoms with Crippen molar-refractivity contribution < 1.29 is 9.90 Å². The highest BCUT2D eigenvalue weighted by molar-refractivity contribution is 7.98. The van der Waals surface area contributed by atoms with E-state index in [0.29, 0.717) is 5.92 Å². The topological polar surface area (TPSA) is 37.3 Å². The van der Waals surface area contributed by atoms with Gasteiger partial charge in [-0.1, -0.05) is 6.92 Å². The maximum absolute atomic E-state index is 11.1. The zero-order valence-corrected chi connectivity index (χ0v) is 10.6. The number of hydrogen-bond acceptors (Lipinski definition) is 2. The zero-order valence-electron chi connectivity index (χ0n) is 9.74. The van der Waals surface area contributed by atoms with Crippen molar-refractivity contribution in [1.82, 2.24) is 0 Å². The van der Waals surface area contributed by atoms with Gasteiger partial charge in [-0.25, -0.2) is 0 Å². The van der Waals surface area contributed by atoms with Gasteiger partial charge < -0.3 is 5.11 Å². The van der Waals surface area contributed by atoms with Gasteiger partial charge in [0.15, 0.2) is 0 Å². The Labute approximate surface area is 96.8 Å². The number of carboxylic acid groups (broad SMARTS) is 1. The summed E-state index contributed by atoms with van der Waals surface area (Å²) in [6, 6.07) is 0. The first kappa shape index (κ1) is 12.9. The van der Waals surface area contributed by atoms with E-state index in [2.05, 4.69) is 13.2 Å². The lowest BCUT2D eigenvalue weighted by Crippen LogP contribution is -2.30. The number of aliphatic carboxylic acids is 1. The molecule has 0 aliphatic heterocycles. The van der Waals surface area contributed by atoms with Crippen LogP contribution in [0.4, 0.5) is 0 Å². The summed E-state index contributed by atoms with van der Waals surface area (Å²) < 4.78 is 0. The van der Waals surface area contributed by atoms with E-state index in [1.807, 2.05) is 11.8 Å². The molecule has 1 fully saturated rings. The zero-order chi connectivity index (χ0) is 11.3. The smallest absolute Gasteiger partial charge is 0.306 e. The summed E-state index contributed by atoms with van der Waals surface area (Å²) in [6.07, 6.45) is 7.48. The van der Waals surface area contributed by atoms with Crippen molar-refractivity contribution in [2.45, 2.75) is 39.0 Å². The first-order chi connectivity index (χ1) is 7.15. The molecule has 2 nitrogen and oxygen atoms in total. The SMILES string of the molecule is CSCCCC1CC(C)CCC1C(=O)O. The van der Waals surface area contributed by atoms with Gasteiger partial charge in [0.2, 0.25) is 0 Å². The van der Waals surface area contributed by atoms with Gasteiger partial charge in [-0.3, -0.25) is 4.79 Å².